The number of alkyl halides is 1. The molecule has 0 saturated carbocycles. The van der Waals surface area contributed by atoms with Crippen molar-refractivity contribution >= 4 is 45.1 Å². The first-order valence-electron chi connectivity index (χ1n) is 10.9. The number of anilines is 1. The molecule has 0 amide bonds. The average Bonchev–Trinajstić information content (AvgIpc) is 2.91. The molecule has 0 aliphatic rings. The van der Waals surface area contributed by atoms with Crippen molar-refractivity contribution in [3.8, 4) is 11.5 Å². The minimum Gasteiger partial charge on any atom is -0.497 e. The lowest BCUT2D eigenvalue weighted by atomic mass is 10.1. The van der Waals surface area contributed by atoms with E-state index in [4.69, 9.17) is 9.47 Å². The molecule has 0 aliphatic heterocycles. The zero-order valence-electron chi connectivity index (χ0n) is 20.0. The van der Waals surface area contributed by atoms with Gasteiger partial charge in [-0.2, -0.15) is 0 Å². The summed E-state index contributed by atoms with van der Waals surface area (Å²) in [4.78, 5) is 31.0. The molecular formula is C25H27BrN4O4S. The fourth-order valence-electron chi connectivity index (χ4n) is 3.32. The van der Waals surface area contributed by atoms with Crippen molar-refractivity contribution in [1.29, 1.82) is 0 Å². The molecular weight excluding hydrogens is 532 g/mol. The molecule has 35 heavy (non-hydrogen) atoms. The fraction of sp³-hybridized carbons (Fsp3) is 0.320. The second kappa shape index (κ2) is 12.6. The summed E-state index contributed by atoms with van der Waals surface area (Å²) in [6.07, 6.45) is 2.03. The SMILES string of the molecule is CCC(=O)C(Br)C(=O)c1nc(SC)nnc1N(Cc1ccc(OC)cc1)Cc1ccc(OC)cc1. The molecule has 0 aliphatic carbocycles. The Morgan fingerprint density at radius 3 is 1.89 bits per heavy atom. The van der Waals surface area contributed by atoms with Crippen LogP contribution in [0.2, 0.25) is 0 Å². The fourth-order valence-corrected chi connectivity index (χ4v) is 4.17. The van der Waals surface area contributed by atoms with Gasteiger partial charge in [0.15, 0.2) is 17.3 Å². The number of ketones is 2. The lowest BCUT2D eigenvalue weighted by Gasteiger charge is -2.25. The van der Waals surface area contributed by atoms with Gasteiger partial charge >= 0.3 is 0 Å². The number of nitrogens with zero attached hydrogens (tertiary/aromatic N) is 4. The molecule has 0 saturated heterocycles. The zero-order valence-corrected chi connectivity index (χ0v) is 22.4. The van der Waals surface area contributed by atoms with E-state index in [0.717, 1.165) is 22.6 Å². The van der Waals surface area contributed by atoms with Crippen LogP contribution in [-0.4, -0.2) is 52.1 Å². The molecule has 1 unspecified atom stereocenters. The third kappa shape index (κ3) is 6.79. The van der Waals surface area contributed by atoms with Crippen molar-refractivity contribution in [2.24, 2.45) is 0 Å². The summed E-state index contributed by atoms with van der Waals surface area (Å²) in [5.74, 6) is 1.15. The maximum absolute atomic E-state index is 13.3. The van der Waals surface area contributed by atoms with Gasteiger partial charge in [0, 0.05) is 19.5 Å². The van der Waals surface area contributed by atoms with Crippen LogP contribution in [0.5, 0.6) is 11.5 Å². The molecule has 10 heteroatoms. The van der Waals surface area contributed by atoms with Crippen LogP contribution < -0.4 is 14.4 Å². The molecule has 0 spiro atoms. The Morgan fingerprint density at radius 2 is 1.46 bits per heavy atom. The van der Waals surface area contributed by atoms with Crippen LogP contribution in [-0.2, 0) is 17.9 Å². The van der Waals surface area contributed by atoms with Gasteiger partial charge in [0.25, 0.3) is 0 Å². The van der Waals surface area contributed by atoms with Crippen molar-refractivity contribution in [3.05, 3.63) is 65.4 Å². The Hall–Kier alpha value is -2.98. The number of carbonyl (C=O) groups excluding carboxylic acids is 2. The van der Waals surface area contributed by atoms with Crippen LogP contribution in [0.1, 0.15) is 35.0 Å². The minimum atomic E-state index is -0.999. The standard InChI is InChI=1S/C25H27BrN4O4S/c1-5-20(31)21(26)23(32)22-24(28-29-25(27-22)35-4)30(14-16-6-10-18(33-2)11-7-16)15-17-8-12-19(34-3)13-9-17/h6-13,21H,5,14-15H2,1-4H3. The maximum atomic E-state index is 13.3. The highest BCUT2D eigenvalue weighted by Gasteiger charge is 2.30. The number of benzene rings is 2. The van der Waals surface area contributed by atoms with Gasteiger partial charge in [-0.3, -0.25) is 9.59 Å². The number of carbonyl (C=O) groups is 2. The number of ether oxygens (including phenoxy) is 2. The minimum absolute atomic E-state index is 0.107. The summed E-state index contributed by atoms with van der Waals surface area (Å²) < 4.78 is 10.5. The van der Waals surface area contributed by atoms with Gasteiger partial charge in [-0.25, -0.2) is 4.98 Å². The van der Waals surface area contributed by atoms with Crippen molar-refractivity contribution < 1.29 is 19.1 Å². The Bertz CT molecular complexity index is 1110. The Balaban J connectivity index is 2.05. The molecule has 3 rings (SSSR count). The number of methoxy groups -OCH3 is 2. The van der Waals surface area contributed by atoms with Gasteiger partial charge in [-0.15, -0.1) is 10.2 Å². The number of thioether (sulfide) groups is 1. The molecule has 0 bridgehead atoms. The first-order valence-corrected chi connectivity index (χ1v) is 13.0. The number of halogens is 1. The van der Waals surface area contributed by atoms with E-state index in [1.165, 1.54) is 11.8 Å². The number of aromatic nitrogens is 3. The monoisotopic (exact) mass is 558 g/mol. The zero-order chi connectivity index (χ0) is 25.4. The van der Waals surface area contributed by atoms with E-state index >= 15 is 0 Å². The van der Waals surface area contributed by atoms with Gasteiger partial charge in [0.05, 0.1) is 14.2 Å². The normalized spacial score (nSPS) is 11.6. The van der Waals surface area contributed by atoms with Crippen LogP contribution in [0, 0.1) is 0 Å². The first-order chi connectivity index (χ1) is 16.9. The number of Topliss-reactive ketones (excluding diaryl/α,β-unsaturated/α-hetero) is 2. The van der Waals surface area contributed by atoms with Gasteiger partial charge in [0.2, 0.25) is 10.9 Å². The summed E-state index contributed by atoms with van der Waals surface area (Å²) in [7, 11) is 3.23. The summed E-state index contributed by atoms with van der Waals surface area (Å²) in [5.41, 5.74) is 2.07. The predicted octanol–water partition coefficient (Wildman–Crippen LogP) is 4.74. The molecule has 0 fully saturated rings. The lowest BCUT2D eigenvalue weighted by molar-refractivity contribution is -0.117. The number of rotatable bonds is 12. The molecule has 1 aromatic heterocycles. The molecule has 1 heterocycles. The highest BCUT2D eigenvalue weighted by molar-refractivity contribution is 9.10. The van der Waals surface area contributed by atoms with Crippen molar-refractivity contribution in [3.63, 3.8) is 0 Å². The smallest absolute Gasteiger partial charge is 0.209 e. The molecule has 184 valence electrons. The van der Waals surface area contributed by atoms with Crippen LogP contribution >= 0.6 is 27.7 Å². The molecule has 0 radical (unpaired) electrons. The van der Waals surface area contributed by atoms with Crippen LogP contribution in [0.15, 0.2) is 53.7 Å². The quantitative estimate of drug-likeness (QED) is 0.135. The Kier molecular flexibility index (Phi) is 9.62. The Morgan fingerprint density at radius 1 is 0.943 bits per heavy atom. The first kappa shape index (κ1) is 26.6. The van der Waals surface area contributed by atoms with E-state index in [0.29, 0.717) is 24.1 Å². The van der Waals surface area contributed by atoms with E-state index in [2.05, 4.69) is 31.1 Å². The van der Waals surface area contributed by atoms with Crippen LogP contribution in [0.4, 0.5) is 5.82 Å². The van der Waals surface area contributed by atoms with E-state index in [1.54, 1.807) is 27.4 Å². The van der Waals surface area contributed by atoms with E-state index in [9.17, 15) is 9.59 Å². The van der Waals surface area contributed by atoms with Crippen LogP contribution in [0.3, 0.4) is 0 Å². The summed E-state index contributed by atoms with van der Waals surface area (Å²) in [5, 5.41) is 8.94. The van der Waals surface area contributed by atoms with E-state index < -0.39 is 10.6 Å². The number of hydrogen-bond acceptors (Lipinski definition) is 9. The molecule has 8 nitrogen and oxygen atoms in total. The van der Waals surface area contributed by atoms with Gasteiger partial charge in [0.1, 0.15) is 16.3 Å². The summed E-state index contributed by atoms with van der Waals surface area (Å²) >= 11 is 4.54. The maximum Gasteiger partial charge on any atom is 0.209 e. The van der Waals surface area contributed by atoms with Gasteiger partial charge in [-0.05, 0) is 41.6 Å². The largest absolute Gasteiger partial charge is 0.497 e. The van der Waals surface area contributed by atoms with Crippen molar-refractivity contribution in [2.45, 2.75) is 36.4 Å². The summed E-state index contributed by atoms with van der Waals surface area (Å²) in [6.45, 7) is 2.58. The highest BCUT2D eigenvalue weighted by atomic mass is 79.9. The third-order valence-electron chi connectivity index (χ3n) is 5.29. The van der Waals surface area contributed by atoms with Gasteiger partial charge < -0.3 is 14.4 Å². The number of hydrogen-bond donors (Lipinski definition) is 0. The predicted molar refractivity (Wildman–Crippen MR) is 140 cm³/mol. The molecule has 2 aromatic carbocycles. The Labute approximate surface area is 217 Å². The topological polar surface area (TPSA) is 94.5 Å². The molecule has 1 atom stereocenters. The second-order valence-electron chi connectivity index (χ2n) is 7.57. The molecule has 3 aromatic rings. The molecule has 0 N–H and O–H groups in total. The van der Waals surface area contributed by atoms with Crippen molar-refractivity contribution in [2.75, 3.05) is 25.4 Å². The second-order valence-corrected chi connectivity index (χ2v) is 9.26. The third-order valence-corrected chi connectivity index (χ3v) is 6.76. The highest BCUT2D eigenvalue weighted by Crippen LogP contribution is 2.26. The van der Waals surface area contributed by atoms with E-state index in [-0.39, 0.29) is 17.9 Å². The summed E-state index contributed by atoms with van der Waals surface area (Å²) in [6, 6.07) is 15.3. The van der Waals surface area contributed by atoms with E-state index in [1.807, 2.05) is 53.4 Å². The van der Waals surface area contributed by atoms with Gasteiger partial charge in [-0.1, -0.05) is 58.9 Å². The lowest BCUT2D eigenvalue weighted by Crippen LogP contribution is -2.31. The van der Waals surface area contributed by atoms with Crippen LogP contribution in [0.25, 0.3) is 0 Å². The average molecular weight is 559 g/mol. The van der Waals surface area contributed by atoms with Crippen molar-refractivity contribution in [1.82, 2.24) is 15.2 Å².